The first-order valence-corrected chi connectivity index (χ1v) is 9.68. The van der Waals surface area contributed by atoms with E-state index in [9.17, 15) is 0 Å². The highest BCUT2D eigenvalue weighted by Crippen LogP contribution is 2.33. The zero-order valence-electron chi connectivity index (χ0n) is 16.9. The maximum atomic E-state index is 6.19. The third-order valence-electron chi connectivity index (χ3n) is 5.11. The van der Waals surface area contributed by atoms with Gasteiger partial charge in [0.05, 0.1) is 39.3 Å². The Balaban J connectivity index is 1.84. The van der Waals surface area contributed by atoms with E-state index in [0.717, 1.165) is 47.1 Å². The van der Waals surface area contributed by atoms with E-state index in [-0.39, 0.29) is 6.10 Å². The van der Waals surface area contributed by atoms with Crippen LogP contribution in [0.5, 0.6) is 17.2 Å². The minimum atomic E-state index is 0.178. The molecule has 0 spiro atoms. The molecule has 1 aromatic heterocycles. The number of ether oxygens (including phenoxy) is 4. The first-order chi connectivity index (χ1) is 14.2. The highest BCUT2D eigenvalue weighted by molar-refractivity contribution is 5.80. The second-order valence-electron chi connectivity index (χ2n) is 6.90. The topological polar surface area (TPSA) is 62.4 Å². The second-order valence-corrected chi connectivity index (χ2v) is 6.90. The van der Waals surface area contributed by atoms with Crippen molar-refractivity contribution >= 4 is 11.0 Å². The number of nitrogens with zero attached hydrogens (tertiary/aromatic N) is 1. The van der Waals surface area contributed by atoms with Crippen molar-refractivity contribution in [3.05, 3.63) is 47.8 Å². The summed E-state index contributed by atoms with van der Waals surface area (Å²) in [5, 5.41) is 1.76. The fraction of sp³-hybridized carbons (Fsp3) is 0.348. The van der Waals surface area contributed by atoms with E-state index in [2.05, 4.69) is 0 Å². The molecular weight excluding hydrogens is 370 g/mol. The van der Waals surface area contributed by atoms with Crippen molar-refractivity contribution in [2.45, 2.75) is 18.9 Å². The van der Waals surface area contributed by atoms with Crippen LogP contribution >= 0.6 is 0 Å². The van der Waals surface area contributed by atoms with Crippen molar-refractivity contribution < 1.29 is 23.4 Å². The number of benzene rings is 2. The molecule has 6 heteroatoms. The maximum Gasteiger partial charge on any atom is 0.161 e. The number of methoxy groups -OCH3 is 3. The Morgan fingerprint density at radius 1 is 0.966 bits per heavy atom. The van der Waals surface area contributed by atoms with E-state index in [1.165, 1.54) is 0 Å². The van der Waals surface area contributed by atoms with Crippen LogP contribution in [0, 0.1) is 0 Å². The van der Waals surface area contributed by atoms with Gasteiger partial charge in [0.1, 0.15) is 17.1 Å². The van der Waals surface area contributed by atoms with Crippen LogP contribution in [0.4, 0.5) is 0 Å². The fourth-order valence-corrected chi connectivity index (χ4v) is 3.53. The maximum absolute atomic E-state index is 6.19. The van der Waals surface area contributed by atoms with Crippen LogP contribution in [0.15, 0.2) is 51.9 Å². The smallest absolute Gasteiger partial charge is 0.161 e. The van der Waals surface area contributed by atoms with E-state index in [0.29, 0.717) is 23.8 Å². The molecule has 0 radical (unpaired) electrons. The van der Waals surface area contributed by atoms with Gasteiger partial charge in [0.15, 0.2) is 11.5 Å². The predicted octanol–water partition coefficient (Wildman–Crippen LogP) is 4.21. The Labute approximate surface area is 169 Å². The number of hydrogen-bond donors (Lipinski definition) is 0. The van der Waals surface area contributed by atoms with Crippen LogP contribution in [-0.4, -0.2) is 40.6 Å². The molecule has 1 saturated heterocycles. The van der Waals surface area contributed by atoms with Gasteiger partial charge >= 0.3 is 0 Å². The van der Waals surface area contributed by atoms with Gasteiger partial charge in [-0.3, -0.25) is 4.99 Å². The summed E-state index contributed by atoms with van der Waals surface area (Å²) in [7, 11) is 4.89. The molecule has 0 saturated carbocycles. The van der Waals surface area contributed by atoms with Crippen LogP contribution in [-0.2, 0) is 4.74 Å². The normalized spacial score (nSPS) is 16.9. The van der Waals surface area contributed by atoms with Gasteiger partial charge in [0, 0.05) is 23.6 Å². The second kappa shape index (κ2) is 8.57. The summed E-state index contributed by atoms with van der Waals surface area (Å²) in [6.07, 6.45) is 2.32. The summed E-state index contributed by atoms with van der Waals surface area (Å²) < 4.78 is 28.1. The zero-order valence-corrected chi connectivity index (χ0v) is 16.9. The molecule has 6 nitrogen and oxygen atoms in total. The Bertz CT molecular complexity index is 1070. The Morgan fingerprint density at radius 2 is 1.83 bits per heavy atom. The minimum Gasteiger partial charge on any atom is -0.497 e. The molecule has 0 unspecified atom stereocenters. The third kappa shape index (κ3) is 4.07. The summed E-state index contributed by atoms with van der Waals surface area (Å²) in [6.45, 7) is 1.44. The average Bonchev–Trinajstić information content (AvgIpc) is 3.30. The van der Waals surface area contributed by atoms with Crippen LogP contribution in [0.1, 0.15) is 12.8 Å². The molecule has 1 fully saturated rings. The van der Waals surface area contributed by atoms with Gasteiger partial charge in [-0.15, -0.1) is 0 Å². The van der Waals surface area contributed by atoms with Crippen LogP contribution in [0.2, 0.25) is 0 Å². The lowest BCUT2D eigenvalue weighted by Gasteiger charge is -2.11. The lowest BCUT2D eigenvalue weighted by molar-refractivity contribution is 0.117. The highest BCUT2D eigenvalue weighted by atomic mass is 16.5. The molecule has 152 valence electrons. The van der Waals surface area contributed by atoms with Gasteiger partial charge < -0.3 is 23.4 Å². The molecule has 2 heterocycles. The number of hydrogen-bond acceptors (Lipinski definition) is 6. The zero-order chi connectivity index (χ0) is 20.2. The van der Waals surface area contributed by atoms with Crippen LogP contribution in [0.25, 0.3) is 22.3 Å². The van der Waals surface area contributed by atoms with Crippen LogP contribution in [0.3, 0.4) is 0 Å². The van der Waals surface area contributed by atoms with Crippen molar-refractivity contribution in [1.29, 1.82) is 0 Å². The van der Waals surface area contributed by atoms with E-state index >= 15 is 0 Å². The molecule has 0 amide bonds. The molecule has 1 aliphatic heterocycles. The summed E-state index contributed by atoms with van der Waals surface area (Å²) in [6, 6.07) is 13.4. The molecule has 4 rings (SSSR count). The van der Waals surface area contributed by atoms with Gasteiger partial charge in [0.2, 0.25) is 0 Å². The van der Waals surface area contributed by atoms with Crippen molar-refractivity contribution in [3.8, 4) is 28.6 Å². The van der Waals surface area contributed by atoms with Gasteiger partial charge in [-0.1, -0.05) is 0 Å². The number of fused-ring (bicyclic) bond motifs is 1. The van der Waals surface area contributed by atoms with Gasteiger partial charge in [-0.05, 0) is 49.2 Å². The molecule has 0 aliphatic carbocycles. The minimum absolute atomic E-state index is 0.178. The predicted molar refractivity (Wildman–Crippen MR) is 111 cm³/mol. The van der Waals surface area contributed by atoms with Crippen molar-refractivity contribution in [1.82, 2.24) is 0 Å². The fourth-order valence-electron chi connectivity index (χ4n) is 3.53. The first-order valence-electron chi connectivity index (χ1n) is 9.68. The van der Waals surface area contributed by atoms with E-state index < -0.39 is 0 Å². The molecule has 1 aliphatic rings. The molecule has 3 aromatic rings. The van der Waals surface area contributed by atoms with Gasteiger partial charge in [0.25, 0.3) is 0 Å². The molecule has 0 bridgehead atoms. The van der Waals surface area contributed by atoms with Crippen molar-refractivity contribution in [3.63, 3.8) is 0 Å². The van der Waals surface area contributed by atoms with E-state index in [4.69, 9.17) is 28.4 Å². The summed E-state index contributed by atoms with van der Waals surface area (Å²) in [4.78, 5) is 4.86. The summed E-state index contributed by atoms with van der Waals surface area (Å²) >= 11 is 0. The van der Waals surface area contributed by atoms with Crippen LogP contribution < -0.4 is 19.6 Å². The monoisotopic (exact) mass is 395 g/mol. The molecule has 2 aromatic carbocycles. The Kier molecular flexibility index (Phi) is 5.71. The van der Waals surface area contributed by atoms with Crippen molar-refractivity contribution in [2.24, 2.45) is 4.99 Å². The SMILES string of the molecule is COc1ccc2oc(-c3ccc(OC)c(OC)c3)cc(=NC[C@H]3CCCO3)c2c1. The number of rotatable bonds is 6. The van der Waals surface area contributed by atoms with E-state index in [1.54, 1.807) is 21.3 Å². The molecular formula is C23H25NO5. The lowest BCUT2D eigenvalue weighted by atomic mass is 10.1. The van der Waals surface area contributed by atoms with E-state index in [1.807, 2.05) is 42.5 Å². The molecule has 1 atom stereocenters. The third-order valence-corrected chi connectivity index (χ3v) is 5.11. The lowest BCUT2D eigenvalue weighted by Crippen LogP contribution is -2.13. The summed E-state index contributed by atoms with van der Waals surface area (Å²) in [5.41, 5.74) is 1.62. The largest absolute Gasteiger partial charge is 0.497 e. The standard InChI is InChI=1S/C23H25NO5/c1-25-16-7-9-20-18(12-16)19(24-14-17-5-4-10-28-17)13-22(29-20)15-6-8-21(26-2)23(11-15)27-3/h6-9,11-13,17H,4-5,10,14H2,1-3H3/t17-/m1/s1. The molecule has 29 heavy (non-hydrogen) atoms. The summed E-state index contributed by atoms with van der Waals surface area (Å²) in [5.74, 6) is 2.78. The Hall–Kier alpha value is -2.99. The van der Waals surface area contributed by atoms with Gasteiger partial charge in [-0.2, -0.15) is 0 Å². The Morgan fingerprint density at radius 3 is 2.55 bits per heavy atom. The van der Waals surface area contributed by atoms with Gasteiger partial charge in [-0.25, -0.2) is 0 Å². The first kappa shape index (κ1) is 19.3. The quantitative estimate of drug-likeness (QED) is 0.626. The molecule has 0 N–H and O–H groups in total. The average molecular weight is 395 g/mol. The highest BCUT2D eigenvalue weighted by Gasteiger charge is 2.15. The van der Waals surface area contributed by atoms with Crippen molar-refractivity contribution in [2.75, 3.05) is 34.5 Å².